The average molecular weight is 253 g/mol. The van der Waals surface area contributed by atoms with Gasteiger partial charge < -0.3 is 5.73 Å². The summed E-state index contributed by atoms with van der Waals surface area (Å²) >= 11 is 7.64. The van der Waals surface area contributed by atoms with Crippen LogP contribution in [-0.4, -0.2) is 11.5 Å². The minimum atomic E-state index is 0.319. The van der Waals surface area contributed by atoms with Gasteiger partial charge in [0.2, 0.25) is 0 Å². The van der Waals surface area contributed by atoms with Gasteiger partial charge in [0.05, 0.1) is 5.51 Å². The second kappa shape index (κ2) is 5.43. The van der Waals surface area contributed by atoms with E-state index in [-0.39, 0.29) is 0 Å². The van der Waals surface area contributed by atoms with Gasteiger partial charge in [0.1, 0.15) is 0 Å². The van der Waals surface area contributed by atoms with E-state index < -0.39 is 0 Å². The number of rotatable bonds is 4. The monoisotopic (exact) mass is 252 g/mol. The van der Waals surface area contributed by atoms with Crippen LogP contribution < -0.4 is 5.73 Å². The van der Waals surface area contributed by atoms with E-state index in [1.54, 1.807) is 11.3 Å². The number of hydrogen-bond acceptors (Lipinski definition) is 3. The zero-order chi connectivity index (χ0) is 11.4. The van der Waals surface area contributed by atoms with E-state index in [1.165, 1.54) is 10.4 Å². The summed E-state index contributed by atoms with van der Waals surface area (Å²) in [5, 5.41) is 0.764. The number of hydrogen-bond donors (Lipinski definition) is 1. The van der Waals surface area contributed by atoms with Crippen molar-refractivity contribution in [3.63, 3.8) is 0 Å². The normalized spacial score (nSPS) is 12.6. The van der Waals surface area contributed by atoms with Crippen LogP contribution in [0, 0.1) is 0 Å². The van der Waals surface area contributed by atoms with Crippen LogP contribution in [0.3, 0.4) is 0 Å². The summed E-state index contributed by atoms with van der Waals surface area (Å²) in [7, 11) is 0. The molecule has 0 radical (unpaired) electrons. The van der Waals surface area contributed by atoms with Gasteiger partial charge >= 0.3 is 0 Å². The molecule has 1 aromatic heterocycles. The fourth-order valence-corrected chi connectivity index (χ4v) is 2.56. The van der Waals surface area contributed by atoms with E-state index in [2.05, 4.69) is 11.1 Å². The molecule has 0 amide bonds. The third-order valence-corrected chi connectivity index (χ3v) is 3.57. The van der Waals surface area contributed by atoms with Gasteiger partial charge in [-0.3, -0.25) is 4.98 Å². The SMILES string of the molecule is NCC(Cc1cncs1)c1cccc(Cl)c1. The molecule has 0 aliphatic heterocycles. The van der Waals surface area contributed by atoms with Crippen molar-refractivity contribution in [3.8, 4) is 0 Å². The smallest absolute Gasteiger partial charge is 0.0794 e. The van der Waals surface area contributed by atoms with E-state index in [0.29, 0.717) is 12.5 Å². The predicted molar refractivity (Wildman–Crippen MR) is 69.1 cm³/mol. The molecule has 1 unspecified atom stereocenters. The van der Waals surface area contributed by atoms with Gasteiger partial charge in [-0.25, -0.2) is 0 Å². The number of halogens is 1. The molecule has 2 rings (SSSR count). The summed E-state index contributed by atoms with van der Waals surface area (Å²) < 4.78 is 0. The van der Waals surface area contributed by atoms with E-state index >= 15 is 0 Å². The Balaban J connectivity index is 2.16. The lowest BCUT2D eigenvalue weighted by Crippen LogP contribution is -2.14. The molecule has 2 aromatic rings. The standard InChI is InChI=1S/C12H13ClN2S/c13-11-3-1-2-9(4-11)10(6-14)5-12-7-15-8-16-12/h1-4,7-8,10H,5-6,14H2. The third kappa shape index (κ3) is 2.82. The van der Waals surface area contributed by atoms with Gasteiger partial charge in [-0.2, -0.15) is 0 Å². The maximum absolute atomic E-state index is 5.98. The molecular formula is C12H13ClN2S. The Hall–Kier alpha value is -0.900. The van der Waals surface area contributed by atoms with Crippen molar-refractivity contribution in [1.29, 1.82) is 0 Å². The fourth-order valence-electron chi connectivity index (χ4n) is 1.68. The molecule has 1 heterocycles. The molecule has 2 nitrogen and oxygen atoms in total. The molecule has 0 saturated carbocycles. The second-order valence-corrected chi connectivity index (χ2v) is 5.07. The highest BCUT2D eigenvalue weighted by molar-refractivity contribution is 7.09. The van der Waals surface area contributed by atoms with Gasteiger partial charge in [0.25, 0.3) is 0 Å². The van der Waals surface area contributed by atoms with Crippen molar-refractivity contribution in [2.75, 3.05) is 6.54 Å². The molecule has 84 valence electrons. The van der Waals surface area contributed by atoms with Gasteiger partial charge in [0.15, 0.2) is 0 Å². The van der Waals surface area contributed by atoms with E-state index in [9.17, 15) is 0 Å². The van der Waals surface area contributed by atoms with Crippen LogP contribution in [0.25, 0.3) is 0 Å². The minimum Gasteiger partial charge on any atom is -0.330 e. The van der Waals surface area contributed by atoms with Crippen LogP contribution in [0.5, 0.6) is 0 Å². The maximum atomic E-state index is 5.98. The second-order valence-electron chi connectivity index (χ2n) is 3.66. The topological polar surface area (TPSA) is 38.9 Å². The lowest BCUT2D eigenvalue weighted by molar-refractivity contribution is 0.700. The molecule has 0 bridgehead atoms. The highest BCUT2D eigenvalue weighted by Gasteiger charge is 2.11. The first-order valence-electron chi connectivity index (χ1n) is 5.12. The third-order valence-electron chi connectivity index (χ3n) is 2.54. The Morgan fingerprint density at radius 1 is 1.44 bits per heavy atom. The van der Waals surface area contributed by atoms with Crippen LogP contribution in [-0.2, 0) is 6.42 Å². The average Bonchev–Trinajstić information content (AvgIpc) is 2.78. The molecule has 1 aromatic carbocycles. The van der Waals surface area contributed by atoms with Crippen LogP contribution in [0.4, 0.5) is 0 Å². The molecule has 0 fully saturated rings. The number of benzene rings is 1. The van der Waals surface area contributed by atoms with Crippen molar-refractivity contribution >= 4 is 22.9 Å². The Morgan fingerprint density at radius 2 is 2.31 bits per heavy atom. The highest BCUT2D eigenvalue weighted by Crippen LogP contribution is 2.23. The first-order valence-corrected chi connectivity index (χ1v) is 6.38. The van der Waals surface area contributed by atoms with Crippen molar-refractivity contribution in [3.05, 3.63) is 51.4 Å². The van der Waals surface area contributed by atoms with Crippen LogP contribution >= 0.6 is 22.9 Å². The largest absolute Gasteiger partial charge is 0.330 e. The molecule has 16 heavy (non-hydrogen) atoms. The highest BCUT2D eigenvalue weighted by atomic mass is 35.5. The molecule has 0 aliphatic carbocycles. The fraction of sp³-hybridized carbons (Fsp3) is 0.250. The van der Waals surface area contributed by atoms with Crippen molar-refractivity contribution < 1.29 is 0 Å². The number of nitrogens with zero attached hydrogens (tertiary/aromatic N) is 1. The lowest BCUT2D eigenvalue weighted by atomic mass is 9.95. The summed E-state index contributed by atoms with van der Waals surface area (Å²) in [5.41, 5.74) is 8.86. The Bertz CT molecular complexity index is 442. The van der Waals surface area contributed by atoms with Gasteiger partial charge in [-0.15, -0.1) is 11.3 Å². The quantitative estimate of drug-likeness (QED) is 0.908. The summed E-state index contributed by atoms with van der Waals surface area (Å²) in [6.07, 6.45) is 2.83. The predicted octanol–water partition coefficient (Wildman–Crippen LogP) is 3.08. The van der Waals surface area contributed by atoms with Crippen molar-refractivity contribution in [1.82, 2.24) is 4.98 Å². The number of aromatic nitrogens is 1. The molecule has 4 heteroatoms. The summed E-state index contributed by atoms with van der Waals surface area (Å²) in [6.45, 7) is 0.623. The zero-order valence-electron chi connectivity index (χ0n) is 8.77. The van der Waals surface area contributed by atoms with Crippen LogP contribution in [0.15, 0.2) is 36.0 Å². The summed E-state index contributed by atoms with van der Waals surface area (Å²) in [6, 6.07) is 7.91. The molecule has 0 spiro atoms. The molecule has 1 atom stereocenters. The maximum Gasteiger partial charge on any atom is 0.0794 e. The van der Waals surface area contributed by atoms with Crippen LogP contribution in [0.2, 0.25) is 5.02 Å². The Kier molecular flexibility index (Phi) is 3.93. The van der Waals surface area contributed by atoms with Crippen LogP contribution in [0.1, 0.15) is 16.4 Å². The van der Waals surface area contributed by atoms with E-state index in [4.69, 9.17) is 17.3 Å². The Morgan fingerprint density at radius 3 is 2.94 bits per heavy atom. The first kappa shape index (κ1) is 11.6. The molecular weight excluding hydrogens is 240 g/mol. The van der Waals surface area contributed by atoms with E-state index in [0.717, 1.165) is 11.4 Å². The van der Waals surface area contributed by atoms with Gasteiger partial charge in [-0.05, 0) is 30.7 Å². The van der Waals surface area contributed by atoms with Crippen molar-refractivity contribution in [2.45, 2.75) is 12.3 Å². The molecule has 0 saturated heterocycles. The first-order chi connectivity index (χ1) is 7.79. The minimum absolute atomic E-state index is 0.319. The van der Waals surface area contributed by atoms with Gasteiger partial charge in [-0.1, -0.05) is 23.7 Å². The van der Waals surface area contributed by atoms with Gasteiger partial charge in [0, 0.05) is 22.0 Å². The number of nitrogens with two attached hydrogens (primary N) is 1. The Labute approximate surface area is 104 Å². The zero-order valence-corrected chi connectivity index (χ0v) is 10.3. The molecule has 0 aliphatic rings. The summed E-state index contributed by atoms with van der Waals surface area (Å²) in [5.74, 6) is 0.319. The number of thiazole rings is 1. The molecule has 2 N–H and O–H groups in total. The lowest BCUT2D eigenvalue weighted by Gasteiger charge is -2.14. The van der Waals surface area contributed by atoms with Crippen molar-refractivity contribution in [2.24, 2.45) is 5.73 Å². The summed E-state index contributed by atoms with van der Waals surface area (Å²) in [4.78, 5) is 5.33. The van der Waals surface area contributed by atoms with E-state index in [1.807, 2.05) is 29.9 Å².